The minimum atomic E-state index is -3.63. The number of ether oxygens (including phenoxy) is 8. The Morgan fingerprint density at radius 3 is 1.11 bits per heavy atom. The lowest BCUT2D eigenvalue weighted by Crippen LogP contribution is -2.56. The second-order valence-corrected chi connectivity index (χ2v) is 29.6. The van der Waals surface area contributed by atoms with Crippen molar-refractivity contribution in [2.75, 3.05) is 13.2 Å². The van der Waals surface area contributed by atoms with Crippen molar-refractivity contribution in [3.05, 3.63) is 137 Å². The molecule has 0 amide bonds. The Morgan fingerprint density at radius 1 is 0.301 bits per heavy atom. The Kier molecular flexibility index (Phi) is 20.3. The third-order valence-electron chi connectivity index (χ3n) is 22.2. The quantitative estimate of drug-likeness (QED) is 0.0307. The molecule has 31 N–H and O–H groups in total. The number of hydrogen-bond donors (Lipinski definition) is 31. The Hall–Kier alpha value is -18.8. The molecule has 0 saturated heterocycles. The monoisotopic (exact) mass is 1850 g/mol. The minimum Gasteiger partial charge on any atom is -0.504 e. The number of esters is 8. The molecule has 0 radical (unpaired) electrons. The fourth-order valence-electron chi connectivity index (χ4n) is 16.0. The van der Waals surface area contributed by atoms with Crippen molar-refractivity contribution in [2.45, 2.75) is 60.9 Å². The van der Waals surface area contributed by atoms with Gasteiger partial charge < -0.3 is 205 Å². The SMILES string of the molecule is O=C(O[C@@H]1COC(=O)c2c(c(O)c(O)c(O)c2[C@H]2c3c(O)c(O)c(O)c4c3C(=O)O[C@@H]2[C@H]([C@@H]2OC(=O)c3cc(O)c(O)c(O)c3-c3c(cc(O)c(O)c3O)C(=O)OC[C@H]2OC(=O)c2cc(O)c(O)c(O)c2)OC(=O)c2cc(O)c(O)c(O)c2-4)-c2c(cc(O)c(O)c2O)C(=O)O[C@H]1[C@H](O)[C@@H](O)[C@H](O)c1c(O)c(O)c2oc(=O)c3cc(O)c(O)c4oc(=O)c1c2c43)c1cc(O)c(O)c(O)c1. The molecule has 10 atom stereocenters. The number of aliphatic hydroxyl groups is 3. The van der Waals surface area contributed by atoms with Gasteiger partial charge in [0.1, 0.15) is 31.5 Å². The normalized spacial score (nSPS) is 18.5. The first-order chi connectivity index (χ1) is 62.5. The van der Waals surface area contributed by atoms with Crippen molar-refractivity contribution >= 4 is 80.5 Å². The Bertz CT molecular complexity index is 7370. The van der Waals surface area contributed by atoms with Crippen LogP contribution in [0.3, 0.4) is 0 Å². The summed E-state index contributed by atoms with van der Waals surface area (Å²) in [5.74, 6) is -70.3. The molecule has 10 aromatic carbocycles. The van der Waals surface area contributed by atoms with E-state index in [4.69, 9.17) is 46.7 Å². The first kappa shape index (κ1) is 87.6. The molecule has 51 nitrogen and oxygen atoms in total. The van der Waals surface area contributed by atoms with Crippen LogP contribution in [0.15, 0.2) is 73.0 Å². The predicted molar refractivity (Wildman–Crippen MR) is 417 cm³/mol. The number of rotatable bonds is 10. The van der Waals surface area contributed by atoms with E-state index in [2.05, 4.69) is 0 Å². The van der Waals surface area contributed by atoms with Crippen LogP contribution in [0.1, 0.15) is 112 Å². The maximum Gasteiger partial charge on any atom is 0.344 e. The standard InChI is InChI=1S/C82H54O51/c83-19-1-12(2-20(84)45(19)92)73(114)126-28-10-125-80(121)41-35(32-16(7-25(89)49(96)54(32)101)76(117)128-67(28)66(113)64(111)60(107)44-43-39-34-18(79(120)130-70(39)65(112)61(44)108)9-27(91)51(98)69(34)131-82(43)123)56(103)62(109)58(105)37(41)40-38-42-36(57(104)63(110)59(38)106)33-17(8-26(90)50(97)55(33)102)78(119)133-72(71(40)132-81(42)122)68-29(127-74(115)13-3-21(85)46(93)22(86)4-13)11-124-75(116)14-5-23(87)47(94)52(99)30(14)31-15(77(118)129-68)6-24(88)48(95)53(31)100/h1-9,28-29,40,60,64,66-68,71-72,83-113H,10-11H2/t28-,29-,40+,60-,64+,66-,67-,68-,71+,72+/m1/s1. The van der Waals surface area contributed by atoms with E-state index in [1.165, 1.54) is 0 Å². The van der Waals surface area contributed by atoms with Gasteiger partial charge in [-0.25, -0.2) is 47.9 Å². The van der Waals surface area contributed by atoms with Crippen LogP contribution < -0.4 is 11.3 Å². The van der Waals surface area contributed by atoms with Gasteiger partial charge in [-0.2, -0.15) is 0 Å². The van der Waals surface area contributed by atoms with Gasteiger partial charge in [0, 0.05) is 60.8 Å². The summed E-state index contributed by atoms with van der Waals surface area (Å²) >= 11 is 0. The van der Waals surface area contributed by atoms with E-state index in [1.54, 1.807) is 0 Å². The predicted octanol–water partition coefficient (Wildman–Crippen LogP) is 2.46. The number of carbonyl (C=O) groups is 8. The van der Waals surface area contributed by atoms with Gasteiger partial charge in [0.15, 0.2) is 163 Å². The van der Waals surface area contributed by atoms with Gasteiger partial charge in [-0.15, -0.1) is 0 Å². The van der Waals surface area contributed by atoms with Crippen molar-refractivity contribution in [3.8, 4) is 194 Å². The molecule has 2 aromatic heterocycles. The summed E-state index contributed by atoms with van der Waals surface area (Å²) in [5.41, 5.74) is -33.5. The molecule has 4 aliphatic heterocycles. The van der Waals surface area contributed by atoms with Gasteiger partial charge in [0.2, 0.25) is 46.0 Å². The van der Waals surface area contributed by atoms with Gasteiger partial charge in [-0.3, -0.25) is 0 Å². The van der Waals surface area contributed by atoms with Crippen molar-refractivity contribution in [3.63, 3.8) is 0 Å². The highest BCUT2D eigenvalue weighted by atomic mass is 16.7. The summed E-state index contributed by atoms with van der Waals surface area (Å²) in [4.78, 5) is 152. The zero-order valence-corrected chi connectivity index (χ0v) is 64.9. The molecular weight excluding hydrogens is 1800 g/mol. The Labute approximate surface area is 726 Å². The van der Waals surface area contributed by atoms with Gasteiger partial charge in [-0.1, -0.05) is 0 Å². The molecule has 0 aliphatic carbocycles. The van der Waals surface area contributed by atoms with Crippen LogP contribution >= 0.6 is 0 Å². The second-order valence-electron chi connectivity index (χ2n) is 29.6. The lowest BCUT2D eigenvalue weighted by molar-refractivity contribution is -0.146. The summed E-state index contributed by atoms with van der Waals surface area (Å²) in [7, 11) is 0. The first-order valence-electron chi connectivity index (χ1n) is 37.1. The molecule has 688 valence electrons. The topological polar surface area (TPSA) is 898 Å². The van der Waals surface area contributed by atoms with Crippen LogP contribution in [0.2, 0.25) is 0 Å². The van der Waals surface area contributed by atoms with Gasteiger partial charge in [0.05, 0.1) is 61.2 Å². The summed E-state index contributed by atoms with van der Waals surface area (Å²) in [5, 5.41) is 355. The molecule has 0 fully saturated rings. The van der Waals surface area contributed by atoms with Crippen molar-refractivity contribution < 1.29 is 243 Å². The number of cyclic esters (lactones) is 5. The van der Waals surface area contributed by atoms with Gasteiger partial charge in [0.25, 0.3) is 0 Å². The molecule has 0 unspecified atom stereocenters. The maximum atomic E-state index is 16.6. The van der Waals surface area contributed by atoms with E-state index in [-0.39, 0.29) is 36.4 Å². The average molecular weight is 1860 g/mol. The summed E-state index contributed by atoms with van der Waals surface area (Å²) in [6.45, 7) is -4.17. The largest absolute Gasteiger partial charge is 0.504 e. The number of aromatic hydroxyl groups is 28. The Balaban J connectivity index is 0.973. The number of carbonyl (C=O) groups excluding carboxylic acids is 8. The minimum absolute atomic E-state index is 0.0469. The Morgan fingerprint density at radius 2 is 0.654 bits per heavy atom. The van der Waals surface area contributed by atoms with E-state index >= 15 is 24.0 Å². The lowest BCUT2D eigenvalue weighted by Gasteiger charge is -2.43. The van der Waals surface area contributed by atoms with Crippen LogP contribution in [0, 0.1) is 0 Å². The van der Waals surface area contributed by atoms with Gasteiger partial charge in [-0.05, 0) is 54.6 Å². The highest BCUT2D eigenvalue weighted by Gasteiger charge is 2.58. The number of phenols is 28. The second kappa shape index (κ2) is 30.8. The van der Waals surface area contributed by atoms with Crippen LogP contribution in [0.5, 0.6) is 161 Å². The van der Waals surface area contributed by atoms with Crippen molar-refractivity contribution in [2.24, 2.45) is 0 Å². The van der Waals surface area contributed by atoms with Crippen LogP contribution in [0.25, 0.3) is 66.1 Å². The molecular formula is C82H54O51. The summed E-state index contributed by atoms with van der Waals surface area (Å²) in [6.07, 6.45) is -30.8. The number of benzene rings is 10. The fourth-order valence-corrected chi connectivity index (χ4v) is 16.0. The fraction of sp³-hybridized carbons (Fsp3) is 0.146. The van der Waals surface area contributed by atoms with Crippen LogP contribution in [0.4, 0.5) is 0 Å². The number of hydrogen-bond acceptors (Lipinski definition) is 51. The van der Waals surface area contributed by atoms with Gasteiger partial charge >= 0.3 is 59.0 Å². The highest BCUT2D eigenvalue weighted by molar-refractivity contribution is 6.23. The van der Waals surface area contributed by atoms with Crippen LogP contribution in [-0.2, 0) is 37.9 Å². The van der Waals surface area contributed by atoms with E-state index < -0.39 is 421 Å². The van der Waals surface area contributed by atoms with Crippen molar-refractivity contribution in [1.82, 2.24) is 0 Å². The molecule has 0 spiro atoms. The summed E-state index contributed by atoms with van der Waals surface area (Å²) < 4.78 is 56.5. The zero-order valence-electron chi connectivity index (χ0n) is 64.9. The zero-order chi connectivity index (χ0) is 96.8. The van der Waals surface area contributed by atoms with E-state index in [9.17, 15) is 182 Å². The molecule has 133 heavy (non-hydrogen) atoms. The molecule has 0 saturated carbocycles. The number of fused-ring (bicyclic) bond motifs is 10. The average Bonchev–Trinajstić information content (AvgIpc) is 0.743. The number of aliphatic hydroxyl groups excluding tert-OH is 3. The van der Waals surface area contributed by atoms with E-state index in [1.807, 2.05) is 0 Å². The molecule has 4 aliphatic rings. The first-order valence-corrected chi connectivity index (χ1v) is 37.1. The number of phenolic OH excluding ortho intramolecular Hbond substituents is 28. The third-order valence-corrected chi connectivity index (χ3v) is 22.2. The molecule has 12 aromatic rings. The molecule has 51 heteroatoms. The highest BCUT2D eigenvalue weighted by Crippen LogP contribution is 2.65. The smallest absolute Gasteiger partial charge is 0.344 e. The molecule has 6 heterocycles. The summed E-state index contributed by atoms with van der Waals surface area (Å²) in [6, 6.07) is 2.06. The molecule has 16 rings (SSSR count). The lowest BCUT2D eigenvalue weighted by atomic mass is 9.72. The van der Waals surface area contributed by atoms with E-state index in [0.717, 1.165) is 0 Å². The third kappa shape index (κ3) is 13.1. The van der Waals surface area contributed by atoms with Crippen LogP contribution in [-0.4, -0.2) is 268 Å². The molecule has 2 bridgehead atoms. The maximum absolute atomic E-state index is 16.6. The van der Waals surface area contributed by atoms with Crippen molar-refractivity contribution in [1.29, 1.82) is 0 Å². The van der Waals surface area contributed by atoms with E-state index in [0.29, 0.717) is 18.2 Å².